The van der Waals surface area contributed by atoms with E-state index in [0.717, 1.165) is 0 Å². The van der Waals surface area contributed by atoms with Crippen LogP contribution in [-0.2, 0) is 9.53 Å². The maximum atomic E-state index is 12.5. The molecule has 1 aliphatic carbocycles. The molecule has 0 N–H and O–H groups in total. The second-order valence-electron chi connectivity index (χ2n) is 4.84. The van der Waals surface area contributed by atoms with Crippen LogP contribution in [-0.4, -0.2) is 23.6 Å². The minimum absolute atomic E-state index is 0.508. The van der Waals surface area contributed by atoms with Gasteiger partial charge in [-0.15, -0.1) is 0 Å². The van der Waals surface area contributed by atoms with E-state index in [9.17, 15) is 18.0 Å². The first-order chi connectivity index (χ1) is 7.45. The van der Waals surface area contributed by atoms with Crippen LogP contribution < -0.4 is 0 Å². The third-order valence-electron chi connectivity index (χ3n) is 3.40. The van der Waals surface area contributed by atoms with Crippen LogP contribution in [0.4, 0.5) is 13.2 Å². The largest absolute Gasteiger partial charge is 0.469 e. The Hall–Kier alpha value is -0.160. The molecule has 2 nitrogen and oxygen atoms in total. The molecule has 0 saturated heterocycles. The minimum Gasteiger partial charge on any atom is -0.469 e. The van der Waals surface area contributed by atoms with Crippen LogP contribution in [0.3, 0.4) is 0 Å². The van der Waals surface area contributed by atoms with Crippen molar-refractivity contribution in [1.29, 1.82) is 0 Å². The van der Waals surface area contributed by atoms with Crippen molar-refractivity contribution in [2.45, 2.75) is 30.8 Å². The molecule has 1 fully saturated rings. The van der Waals surface area contributed by atoms with Crippen molar-refractivity contribution in [2.24, 2.45) is 17.3 Å². The molecular formula is C10H13Cl2F3O2. The average molecular weight is 293 g/mol. The lowest BCUT2D eigenvalue weighted by molar-refractivity contribution is -0.147. The number of halogens is 5. The lowest BCUT2D eigenvalue weighted by Gasteiger charge is -2.23. The molecule has 0 unspecified atom stereocenters. The van der Waals surface area contributed by atoms with Gasteiger partial charge in [-0.2, -0.15) is 13.2 Å². The zero-order chi connectivity index (χ0) is 13.6. The summed E-state index contributed by atoms with van der Waals surface area (Å²) >= 11 is 10.6. The highest BCUT2D eigenvalue weighted by atomic mass is 35.5. The first-order valence-electron chi connectivity index (χ1n) is 4.97. The molecule has 17 heavy (non-hydrogen) atoms. The first kappa shape index (κ1) is 14.9. The van der Waals surface area contributed by atoms with Crippen molar-refractivity contribution in [3.05, 3.63) is 0 Å². The number of methoxy groups -OCH3 is 1. The number of ether oxygens (including phenoxy) is 1. The Morgan fingerprint density at radius 3 is 2.18 bits per heavy atom. The number of carbonyl (C=O) groups excluding carboxylic acids is 1. The molecule has 0 radical (unpaired) electrons. The topological polar surface area (TPSA) is 26.3 Å². The van der Waals surface area contributed by atoms with E-state index in [1.165, 1.54) is 7.11 Å². The van der Waals surface area contributed by atoms with E-state index >= 15 is 0 Å². The van der Waals surface area contributed by atoms with E-state index in [4.69, 9.17) is 23.2 Å². The van der Waals surface area contributed by atoms with E-state index in [2.05, 4.69) is 4.74 Å². The fraction of sp³-hybridized carbons (Fsp3) is 0.900. The molecule has 0 heterocycles. The molecule has 0 aromatic rings. The number of hydrogen-bond acceptors (Lipinski definition) is 2. The highest BCUT2D eigenvalue weighted by molar-refractivity contribution is 6.49. The Kier molecular flexibility index (Phi) is 3.68. The summed E-state index contributed by atoms with van der Waals surface area (Å²) in [7, 11) is 1.20. The van der Waals surface area contributed by atoms with Crippen LogP contribution in [0.25, 0.3) is 0 Å². The zero-order valence-corrected chi connectivity index (χ0v) is 11.1. The second-order valence-corrected chi connectivity index (χ2v) is 6.32. The van der Waals surface area contributed by atoms with Crippen LogP contribution in [0, 0.1) is 17.3 Å². The monoisotopic (exact) mass is 292 g/mol. The van der Waals surface area contributed by atoms with Crippen molar-refractivity contribution in [2.75, 3.05) is 7.11 Å². The predicted molar refractivity (Wildman–Crippen MR) is 57.9 cm³/mol. The number of alkyl halides is 5. The average Bonchev–Trinajstić information content (AvgIpc) is 2.64. The quantitative estimate of drug-likeness (QED) is 0.587. The molecule has 0 aromatic carbocycles. The SMILES string of the molecule is COC(=O)[C@H]1[C@H](CC(Cl)(Cl)C(F)(F)F)C1(C)C. The van der Waals surface area contributed by atoms with Gasteiger partial charge in [0.05, 0.1) is 13.0 Å². The molecule has 0 amide bonds. The molecule has 2 atom stereocenters. The fourth-order valence-electron chi connectivity index (χ4n) is 2.11. The predicted octanol–water partition coefficient (Wildman–Crippen LogP) is 3.56. The zero-order valence-electron chi connectivity index (χ0n) is 9.57. The molecule has 7 heteroatoms. The maximum absolute atomic E-state index is 12.5. The van der Waals surface area contributed by atoms with Gasteiger partial charge >= 0.3 is 12.1 Å². The first-order valence-corrected chi connectivity index (χ1v) is 5.73. The van der Waals surface area contributed by atoms with Gasteiger partial charge < -0.3 is 4.74 Å². The van der Waals surface area contributed by atoms with Gasteiger partial charge in [0.1, 0.15) is 0 Å². The lowest BCUT2D eigenvalue weighted by Crippen LogP contribution is -2.35. The highest BCUT2D eigenvalue weighted by Crippen LogP contribution is 2.64. The summed E-state index contributed by atoms with van der Waals surface area (Å²) in [5.74, 6) is -1.62. The summed E-state index contributed by atoms with van der Waals surface area (Å²) < 4.78 is 39.2. The number of hydrogen-bond donors (Lipinski definition) is 0. The third kappa shape index (κ3) is 2.65. The highest BCUT2D eigenvalue weighted by Gasteiger charge is 2.67. The van der Waals surface area contributed by atoms with E-state index in [1.54, 1.807) is 13.8 Å². The Labute approximate surface area is 107 Å². The molecule has 0 spiro atoms. The van der Waals surface area contributed by atoms with E-state index in [1.807, 2.05) is 0 Å². The van der Waals surface area contributed by atoms with Crippen molar-refractivity contribution >= 4 is 29.2 Å². The van der Waals surface area contributed by atoms with Crippen molar-refractivity contribution in [1.82, 2.24) is 0 Å². The summed E-state index contributed by atoms with van der Waals surface area (Å²) in [4.78, 5) is 11.3. The lowest BCUT2D eigenvalue weighted by atomic mass is 10.1. The van der Waals surface area contributed by atoms with Gasteiger partial charge in [0.2, 0.25) is 4.33 Å². The summed E-state index contributed by atoms with van der Waals surface area (Å²) in [6, 6.07) is 0. The third-order valence-corrected chi connectivity index (χ3v) is 4.13. The van der Waals surface area contributed by atoms with Crippen molar-refractivity contribution < 1.29 is 22.7 Å². The van der Waals surface area contributed by atoms with Gasteiger partial charge in [-0.25, -0.2) is 0 Å². The van der Waals surface area contributed by atoms with Crippen LogP contribution in [0.1, 0.15) is 20.3 Å². The normalized spacial score (nSPS) is 27.8. The van der Waals surface area contributed by atoms with Gasteiger partial charge in [0.25, 0.3) is 0 Å². The molecule has 100 valence electrons. The second kappa shape index (κ2) is 4.19. The summed E-state index contributed by atoms with van der Waals surface area (Å²) in [5.41, 5.74) is -0.562. The van der Waals surface area contributed by atoms with Crippen LogP contribution in [0.15, 0.2) is 0 Å². The Morgan fingerprint density at radius 1 is 1.35 bits per heavy atom. The molecule has 0 aliphatic heterocycles. The summed E-state index contributed by atoms with van der Waals surface area (Å²) in [5, 5.41) is 0. The summed E-state index contributed by atoms with van der Waals surface area (Å²) in [6.45, 7) is 3.39. The van der Waals surface area contributed by atoms with E-state index in [0.29, 0.717) is 0 Å². The van der Waals surface area contributed by atoms with Crippen LogP contribution in [0.2, 0.25) is 0 Å². The van der Waals surface area contributed by atoms with Crippen molar-refractivity contribution in [3.63, 3.8) is 0 Å². The van der Waals surface area contributed by atoms with E-state index in [-0.39, 0.29) is 0 Å². The van der Waals surface area contributed by atoms with Gasteiger partial charge in [-0.1, -0.05) is 37.0 Å². The molecule has 1 rings (SSSR count). The molecule has 0 bridgehead atoms. The van der Waals surface area contributed by atoms with Gasteiger partial charge in [-0.3, -0.25) is 4.79 Å². The molecular weight excluding hydrogens is 280 g/mol. The molecule has 0 aromatic heterocycles. The number of rotatable bonds is 3. The number of esters is 1. The van der Waals surface area contributed by atoms with E-state index < -0.39 is 40.2 Å². The standard InChI is InChI=1S/C10H13Cl2F3O2/c1-8(2)5(6(8)7(16)17-3)4-9(11,12)10(13,14)15/h5-6H,4H2,1-3H3/t5-,6+/m0/s1. The van der Waals surface area contributed by atoms with Crippen molar-refractivity contribution in [3.8, 4) is 0 Å². The fourth-order valence-corrected chi connectivity index (χ4v) is 2.44. The number of carbonyl (C=O) groups is 1. The smallest absolute Gasteiger partial charge is 0.421 e. The van der Waals surface area contributed by atoms with Gasteiger partial charge in [-0.05, 0) is 17.8 Å². The van der Waals surface area contributed by atoms with Gasteiger partial charge in [0, 0.05) is 0 Å². The minimum atomic E-state index is -4.71. The molecule has 1 aliphatic rings. The Morgan fingerprint density at radius 2 is 1.82 bits per heavy atom. The summed E-state index contributed by atoms with van der Waals surface area (Å²) in [6.07, 6.45) is -5.22. The Bertz CT molecular complexity index is 326. The maximum Gasteiger partial charge on any atom is 0.421 e. The van der Waals surface area contributed by atoms with Gasteiger partial charge in [0.15, 0.2) is 0 Å². The van der Waals surface area contributed by atoms with Crippen LogP contribution >= 0.6 is 23.2 Å². The Balaban J connectivity index is 2.76. The molecule has 1 saturated carbocycles. The van der Waals surface area contributed by atoms with Crippen LogP contribution in [0.5, 0.6) is 0 Å².